The van der Waals surface area contributed by atoms with Crippen molar-refractivity contribution in [3.05, 3.63) is 76.1 Å². The molecule has 0 fully saturated rings. The van der Waals surface area contributed by atoms with E-state index >= 15 is 0 Å². The van der Waals surface area contributed by atoms with Gasteiger partial charge in [0.25, 0.3) is 11.6 Å². The number of carbonyl (C=O) groups excluding carboxylic acids is 2. The van der Waals surface area contributed by atoms with Crippen LogP contribution in [0.25, 0.3) is 5.69 Å². The zero-order valence-electron chi connectivity index (χ0n) is 15.0. The first-order valence-electron chi connectivity index (χ1n) is 8.31. The largest absolute Gasteiger partial charge is 0.462 e. The zero-order chi connectivity index (χ0) is 21.0. The Kier molecular flexibility index (Phi) is 5.58. The van der Waals surface area contributed by atoms with Crippen LogP contribution in [-0.4, -0.2) is 38.2 Å². The number of rotatable bonds is 6. The molecule has 2 aromatic carbocycles. The molecule has 0 atom stereocenters. The molecule has 1 aromatic heterocycles. The minimum absolute atomic E-state index is 0.0699. The van der Waals surface area contributed by atoms with E-state index in [1.54, 1.807) is 6.92 Å². The Labute approximate surface area is 163 Å². The van der Waals surface area contributed by atoms with E-state index in [-0.39, 0.29) is 29.1 Å². The Morgan fingerprint density at radius 2 is 2.00 bits per heavy atom. The van der Waals surface area contributed by atoms with E-state index in [0.29, 0.717) is 0 Å². The monoisotopic (exact) mass is 399 g/mol. The number of nitro groups is 1. The second-order valence-corrected chi connectivity index (χ2v) is 5.71. The van der Waals surface area contributed by atoms with Crippen molar-refractivity contribution >= 4 is 23.3 Å². The molecule has 0 saturated carbocycles. The molecule has 1 heterocycles. The fourth-order valence-electron chi connectivity index (χ4n) is 2.49. The number of nitrogens with one attached hydrogen (secondary N) is 1. The molecular weight excluding hydrogens is 385 g/mol. The molecule has 0 spiro atoms. The Morgan fingerprint density at radius 1 is 1.24 bits per heavy atom. The molecule has 148 valence electrons. The minimum Gasteiger partial charge on any atom is -0.462 e. The van der Waals surface area contributed by atoms with E-state index in [1.165, 1.54) is 35.5 Å². The van der Waals surface area contributed by atoms with E-state index in [0.717, 1.165) is 18.2 Å². The Bertz CT molecular complexity index is 1080. The molecule has 3 rings (SSSR count). The molecule has 10 nitrogen and oxygen atoms in total. The van der Waals surface area contributed by atoms with Crippen LogP contribution in [0.4, 0.5) is 15.8 Å². The van der Waals surface area contributed by atoms with Gasteiger partial charge in [0.1, 0.15) is 18.3 Å². The number of carbonyl (C=O) groups is 2. The highest BCUT2D eigenvalue weighted by molar-refractivity contribution is 6.06. The number of benzene rings is 2. The van der Waals surface area contributed by atoms with Crippen molar-refractivity contribution in [3.8, 4) is 5.69 Å². The SMILES string of the molecule is CCOC(=O)c1cc(C(=O)Nc2ccc(-n3cncn3)c(F)c2)cc([N+](=O)[O-])c1. The van der Waals surface area contributed by atoms with Crippen LogP contribution in [0.3, 0.4) is 0 Å². The third kappa shape index (κ3) is 4.40. The molecule has 11 heteroatoms. The van der Waals surface area contributed by atoms with E-state index in [9.17, 15) is 24.1 Å². The number of aromatic nitrogens is 3. The lowest BCUT2D eigenvalue weighted by molar-refractivity contribution is -0.384. The van der Waals surface area contributed by atoms with Crippen LogP contribution in [0, 0.1) is 15.9 Å². The highest BCUT2D eigenvalue weighted by Gasteiger charge is 2.19. The van der Waals surface area contributed by atoms with E-state index < -0.39 is 28.3 Å². The minimum atomic E-state index is -0.798. The summed E-state index contributed by atoms with van der Waals surface area (Å²) in [5.74, 6) is -2.22. The number of nitrogens with zero attached hydrogens (tertiary/aromatic N) is 4. The number of anilines is 1. The summed E-state index contributed by atoms with van der Waals surface area (Å²) in [5.41, 5.74) is -0.503. The normalized spacial score (nSPS) is 10.4. The molecule has 0 saturated heterocycles. The molecule has 0 bridgehead atoms. The predicted octanol–water partition coefficient (Wildman–Crippen LogP) is 2.74. The topological polar surface area (TPSA) is 129 Å². The summed E-state index contributed by atoms with van der Waals surface area (Å²) in [7, 11) is 0. The molecule has 0 aliphatic carbocycles. The number of esters is 1. The Morgan fingerprint density at radius 3 is 2.62 bits per heavy atom. The van der Waals surface area contributed by atoms with Crippen LogP contribution in [0.5, 0.6) is 0 Å². The molecule has 29 heavy (non-hydrogen) atoms. The van der Waals surface area contributed by atoms with Gasteiger partial charge < -0.3 is 10.1 Å². The van der Waals surface area contributed by atoms with Gasteiger partial charge in [-0.05, 0) is 31.2 Å². The zero-order valence-corrected chi connectivity index (χ0v) is 15.0. The number of non-ortho nitro benzene ring substituents is 1. The molecular formula is C18H14FN5O5. The standard InChI is InChI=1S/C18H14FN5O5/c1-2-29-18(26)12-5-11(6-14(7-12)24(27)28)17(25)22-13-3-4-16(15(19)8-13)23-10-20-9-21-23/h3-10H,2H2,1H3,(H,22,25). The Balaban J connectivity index is 1.87. The lowest BCUT2D eigenvalue weighted by Crippen LogP contribution is -2.14. The molecule has 3 aromatic rings. The molecule has 1 amide bonds. The van der Waals surface area contributed by atoms with E-state index in [2.05, 4.69) is 15.4 Å². The smallest absolute Gasteiger partial charge is 0.338 e. The van der Waals surface area contributed by atoms with Crippen molar-refractivity contribution < 1.29 is 23.6 Å². The van der Waals surface area contributed by atoms with Gasteiger partial charge in [-0.3, -0.25) is 14.9 Å². The lowest BCUT2D eigenvalue weighted by atomic mass is 10.1. The summed E-state index contributed by atoms with van der Waals surface area (Å²) >= 11 is 0. The van der Waals surface area contributed by atoms with Gasteiger partial charge in [-0.15, -0.1) is 0 Å². The third-order valence-electron chi connectivity index (χ3n) is 3.77. The molecule has 1 N–H and O–H groups in total. The summed E-state index contributed by atoms with van der Waals surface area (Å²) in [4.78, 5) is 38.5. The number of hydrogen-bond donors (Lipinski definition) is 1. The van der Waals surface area contributed by atoms with Crippen LogP contribution >= 0.6 is 0 Å². The van der Waals surface area contributed by atoms with Gasteiger partial charge >= 0.3 is 5.97 Å². The fourth-order valence-corrected chi connectivity index (χ4v) is 2.49. The number of amides is 1. The highest BCUT2D eigenvalue weighted by Crippen LogP contribution is 2.21. The molecule has 0 aliphatic rings. The summed E-state index contributed by atoms with van der Waals surface area (Å²) < 4.78 is 20.3. The average Bonchev–Trinajstić information content (AvgIpc) is 3.22. The van der Waals surface area contributed by atoms with E-state index in [4.69, 9.17) is 4.74 Å². The van der Waals surface area contributed by atoms with E-state index in [1.807, 2.05) is 0 Å². The maximum absolute atomic E-state index is 14.3. The number of nitro benzene ring substituents is 1. The van der Waals surface area contributed by atoms with Crippen LogP contribution in [0.15, 0.2) is 49.1 Å². The van der Waals surface area contributed by atoms with Crippen molar-refractivity contribution in [3.63, 3.8) is 0 Å². The van der Waals surface area contributed by atoms with Crippen LogP contribution in [0.1, 0.15) is 27.6 Å². The summed E-state index contributed by atoms with van der Waals surface area (Å²) in [6.45, 7) is 1.65. The lowest BCUT2D eigenvalue weighted by Gasteiger charge is -2.09. The average molecular weight is 399 g/mol. The van der Waals surface area contributed by atoms with Crippen molar-refractivity contribution in [2.24, 2.45) is 0 Å². The third-order valence-corrected chi connectivity index (χ3v) is 3.77. The molecule has 0 aliphatic heterocycles. The van der Waals surface area contributed by atoms with Crippen molar-refractivity contribution in [2.45, 2.75) is 6.92 Å². The van der Waals surface area contributed by atoms with Gasteiger partial charge in [0.15, 0.2) is 5.82 Å². The molecule has 0 unspecified atom stereocenters. The van der Waals surface area contributed by atoms with Gasteiger partial charge in [0.05, 0.1) is 17.1 Å². The predicted molar refractivity (Wildman–Crippen MR) is 98.3 cm³/mol. The quantitative estimate of drug-likeness (QED) is 0.383. The van der Waals surface area contributed by atoms with Gasteiger partial charge in [-0.25, -0.2) is 18.9 Å². The summed E-state index contributed by atoms with van der Waals surface area (Å²) in [6, 6.07) is 7.08. The maximum Gasteiger partial charge on any atom is 0.338 e. The fraction of sp³-hybridized carbons (Fsp3) is 0.111. The van der Waals surface area contributed by atoms with Crippen molar-refractivity contribution in [2.75, 3.05) is 11.9 Å². The van der Waals surface area contributed by atoms with Crippen LogP contribution in [-0.2, 0) is 4.74 Å². The van der Waals surface area contributed by atoms with Gasteiger partial charge in [0.2, 0.25) is 0 Å². The number of hydrogen-bond acceptors (Lipinski definition) is 7. The molecule has 0 radical (unpaired) electrons. The summed E-state index contributed by atoms with van der Waals surface area (Å²) in [5, 5.41) is 17.4. The first-order chi connectivity index (χ1) is 13.9. The second-order valence-electron chi connectivity index (χ2n) is 5.71. The Hall–Kier alpha value is -4.15. The van der Waals surface area contributed by atoms with Gasteiger partial charge in [-0.2, -0.15) is 5.10 Å². The van der Waals surface area contributed by atoms with Gasteiger partial charge in [-0.1, -0.05) is 0 Å². The number of ether oxygens (including phenoxy) is 1. The van der Waals surface area contributed by atoms with Crippen LogP contribution < -0.4 is 5.32 Å². The van der Waals surface area contributed by atoms with Crippen molar-refractivity contribution in [1.29, 1.82) is 0 Å². The first-order valence-corrected chi connectivity index (χ1v) is 8.31. The number of halogens is 1. The summed E-state index contributed by atoms with van der Waals surface area (Å²) in [6.07, 6.45) is 2.56. The maximum atomic E-state index is 14.3. The highest BCUT2D eigenvalue weighted by atomic mass is 19.1. The first kappa shape index (κ1) is 19.6. The van der Waals surface area contributed by atoms with Gasteiger partial charge in [0, 0.05) is 23.4 Å². The second kappa shape index (κ2) is 8.25. The van der Waals surface area contributed by atoms with Crippen molar-refractivity contribution in [1.82, 2.24) is 14.8 Å². The van der Waals surface area contributed by atoms with Crippen LogP contribution in [0.2, 0.25) is 0 Å².